The molecule has 0 radical (unpaired) electrons. The number of nitrogens with one attached hydrogen (secondary N) is 2. The SMILES string of the molecule is CC(C)(C(=O)O)c1ccc(NC(=O)C2CCC(=O)N2)cc1. The van der Waals surface area contributed by atoms with Crippen molar-refractivity contribution >= 4 is 23.5 Å². The maximum Gasteiger partial charge on any atom is 0.313 e. The number of carboxylic acids is 1. The maximum atomic E-state index is 11.9. The summed E-state index contributed by atoms with van der Waals surface area (Å²) in [5.74, 6) is -1.28. The van der Waals surface area contributed by atoms with Gasteiger partial charge in [0.2, 0.25) is 11.8 Å². The second-order valence-corrected chi connectivity index (χ2v) is 5.66. The van der Waals surface area contributed by atoms with Crippen molar-refractivity contribution in [2.45, 2.75) is 38.1 Å². The van der Waals surface area contributed by atoms with E-state index < -0.39 is 17.4 Å². The lowest BCUT2D eigenvalue weighted by atomic mass is 9.85. The van der Waals surface area contributed by atoms with Crippen LogP contribution >= 0.6 is 0 Å². The third-order valence-corrected chi connectivity index (χ3v) is 3.72. The number of carbonyl (C=O) groups is 3. The minimum absolute atomic E-state index is 0.117. The van der Waals surface area contributed by atoms with Crippen LogP contribution in [0.4, 0.5) is 5.69 Å². The van der Waals surface area contributed by atoms with Gasteiger partial charge in [-0.15, -0.1) is 0 Å². The molecule has 6 nitrogen and oxygen atoms in total. The van der Waals surface area contributed by atoms with Crippen molar-refractivity contribution in [3.63, 3.8) is 0 Å². The zero-order valence-corrected chi connectivity index (χ0v) is 12.0. The van der Waals surface area contributed by atoms with Crippen LogP contribution in [0.2, 0.25) is 0 Å². The number of amides is 2. The Morgan fingerprint density at radius 3 is 2.38 bits per heavy atom. The zero-order chi connectivity index (χ0) is 15.6. The summed E-state index contributed by atoms with van der Waals surface area (Å²) in [7, 11) is 0. The molecule has 6 heteroatoms. The molecule has 1 aromatic carbocycles. The van der Waals surface area contributed by atoms with E-state index in [0.717, 1.165) is 0 Å². The molecule has 112 valence electrons. The number of aliphatic carboxylic acids is 1. The first-order valence-corrected chi connectivity index (χ1v) is 6.75. The fourth-order valence-corrected chi connectivity index (χ4v) is 2.13. The molecule has 0 saturated carbocycles. The number of rotatable bonds is 4. The number of anilines is 1. The number of hydrogen-bond donors (Lipinski definition) is 3. The molecule has 3 N–H and O–H groups in total. The fourth-order valence-electron chi connectivity index (χ4n) is 2.13. The molecule has 0 aromatic heterocycles. The predicted octanol–water partition coefficient (Wildman–Crippen LogP) is 1.27. The standard InChI is InChI=1S/C15H18N2O4/c1-15(2,14(20)21)9-3-5-10(6-4-9)16-13(19)11-7-8-12(18)17-11/h3-6,11H,7-8H2,1-2H3,(H,16,19)(H,17,18)(H,20,21). The van der Waals surface area contributed by atoms with Crippen LogP contribution in [0.1, 0.15) is 32.3 Å². The van der Waals surface area contributed by atoms with Gasteiger partial charge in [-0.1, -0.05) is 12.1 Å². The first-order valence-electron chi connectivity index (χ1n) is 6.75. The van der Waals surface area contributed by atoms with Crippen molar-refractivity contribution in [1.29, 1.82) is 0 Å². The smallest absolute Gasteiger partial charge is 0.313 e. The van der Waals surface area contributed by atoms with Crippen molar-refractivity contribution in [2.75, 3.05) is 5.32 Å². The summed E-state index contributed by atoms with van der Waals surface area (Å²) < 4.78 is 0. The Morgan fingerprint density at radius 1 is 1.29 bits per heavy atom. The Morgan fingerprint density at radius 2 is 1.90 bits per heavy atom. The summed E-state index contributed by atoms with van der Waals surface area (Å²) >= 11 is 0. The molecular weight excluding hydrogens is 272 g/mol. The highest BCUT2D eigenvalue weighted by Crippen LogP contribution is 2.25. The molecule has 0 bridgehead atoms. The molecule has 1 fully saturated rings. The van der Waals surface area contributed by atoms with E-state index in [0.29, 0.717) is 24.1 Å². The quantitative estimate of drug-likeness (QED) is 0.778. The highest BCUT2D eigenvalue weighted by Gasteiger charge is 2.30. The van der Waals surface area contributed by atoms with Gasteiger partial charge in [0.05, 0.1) is 5.41 Å². The Bertz CT molecular complexity index is 578. The third-order valence-electron chi connectivity index (χ3n) is 3.72. The number of hydrogen-bond acceptors (Lipinski definition) is 3. The van der Waals surface area contributed by atoms with Gasteiger partial charge >= 0.3 is 5.97 Å². The van der Waals surface area contributed by atoms with Crippen molar-refractivity contribution in [3.05, 3.63) is 29.8 Å². The third kappa shape index (κ3) is 3.21. The van der Waals surface area contributed by atoms with Gasteiger partial charge in [-0.3, -0.25) is 14.4 Å². The molecule has 1 unspecified atom stereocenters. The van der Waals surface area contributed by atoms with E-state index >= 15 is 0 Å². The summed E-state index contributed by atoms with van der Waals surface area (Å²) in [4.78, 5) is 34.2. The van der Waals surface area contributed by atoms with Crippen molar-refractivity contribution in [3.8, 4) is 0 Å². The van der Waals surface area contributed by atoms with E-state index in [-0.39, 0.29) is 11.8 Å². The van der Waals surface area contributed by atoms with E-state index in [4.69, 9.17) is 5.11 Å². The van der Waals surface area contributed by atoms with Gasteiger partial charge in [-0.2, -0.15) is 0 Å². The van der Waals surface area contributed by atoms with Crippen LogP contribution in [0.25, 0.3) is 0 Å². The predicted molar refractivity (Wildman–Crippen MR) is 76.9 cm³/mol. The summed E-state index contributed by atoms with van der Waals surface area (Å²) in [6, 6.07) is 6.18. The summed E-state index contributed by atoms with van der Waals surface area (Å²) in [5.41, 5.74) is 0.246. The van der Waals surface area contributed by atoms with Crippen molar-refractivity contribution in [2.24, 2.45) is 0 Å². The number of benzene rings is 1. The average Bonchev–Trinajstić information content (AvgIpc) is 2.86. The number of carboxylic acid groups (broad SMARTS) is 1. The van der Waals surface area contributed by atoms with E-state index in [1.54, 1.807) is 38.1 Å². The van der Waals surface area contributed by atoms with Crippen LogP contribution in [0.3, 0.4) is 0 Å². The van der Waals surface area contributed by atoms with Gasteiger partial charge < -0.3 is 15.7 Å². The average molecular weight is 290 g/mol. The zero-order valence-electron chi connectivity index (χ0n) is 12.0. The van der Waals surface area contributed by atoms with Gasteiger partial charge in [0.1, 0.15) is 6.04 Å². The lowest BCUT2D eigenvalue weighted by Crippen LogP contribution is -2.37. The molecule has 0 spiro atoms. The molecule has 1 atom stereocenters. The second kappa shape index (κ2) is 5.55. The molecule has 1 saturated heterocycles. The molecule has 21 heavy (non-hydrogen) atoms. The Labute approximate surface area is 122 Å². The van der Waals surface area contributed by atoms with Gasteiger partial charge in [0, 0.05) is 12.1 Å². The van der Waals surface area contributed by atoms with Gasteiger partial charge in [0.25, 0.3) is 0 Å². The lowest BCUT2D eigenvalue weighted by molar-refractivity contribution is -0.142. The second-order valence-electron chi connectivity index (χ2n) is 5.66. The minimum atomic E-state index is -0.984. The highest BCUT2D eigenvalue weighted by molar-refractivity contribution is 5.99. The molecule has 0 aliphatic carbocycles. The van der Waals surface area contributed by atoms with E-state index in [1.165, 1.54) is 0 Å². The first kappa shape index (κ1) is 15.0. The maximum absolute atomic E-state index is 11.9. The molecule has 1 aromatic rings. The molecule has 2 rings (SSSR count). The molecule has 1 aliphatic heterocycles. The Balaban J connectivity index is 2.04. The normalized spacial score (nSPS) is 18.2. The van der Waals surface area contributed by atoms with Crippen LogP contribution in [0, 0.1) is 0 Å². The van der Waals surface area contributed by atoms with Crippen LogP contribution in [-0.2, 0) is 19.8 Å². The largest absolute Gasteiger partial charge is 0.481 e. The lowest BCUT2D eigenvalue weighted by Gasteiger charge is -2.20. The van der Waals surface area contributed by atoms with Gasteiger partial charge in [-0.25, -0.2) is 0 Å². The van der Waals surface area contributed by atoms with Gasteiger partial charge in [0.15, 0.2) is 0 Å². The van der Waals surface area contributed by atoms with Gasteiger partial charge in [-0.05, 0) is 38.0 Å². The van der Waals surface area contributed by atoms with E-state index in [9.17, 15) is 14.4 Å². The monoisotopic (exact) mass is 290 g/mol. The summed E-state index contributed by atoms with van der Waals surface area (Å²) in [5, 5.41) is 14.5. The first-order chi connectivity index (χ1) is 9.80. The van der Waals surface area contributed by atoms with Crippen LogP contribution < -0.4 is 10.6 Å². The van der Waals surface area contributed by atoms with Crippen molar-refractivity contribution < 1.29 is 19.5 Å². The number of carbonyl (C=O) groups excluding carboxylic acids is 2. The van der Waals surface area contributed by atoms with E-state index in [2.05, 4.69) is 10.6 Å². The molecule has 1 aliphatic rings. The highest BCUT2D eigenvalue weighted by atomic mass is 16.4. The Hall–Kier alpha value is -2.37. The summed E-state index contributed by atoms with van der Waals surface area (Å²) in [6.07, 6.45) is 0.860. The van der Waals surface area contributed by atoms with Crippen LogP contribution in [0.15, 0.2) is 24.3 Å². The molecular formula is C15H18N2O4. The minimum Gasteiger partial charge on any atom is -0.481 e. The van der Waals surface area contributed by atoms with Crippen LogP contribution in [-0.4, -0.2) is 28.9 Å². The van der Waals surface area contributed by atoms with Crippen LogP contribution in [0.5, 0.6) is 0 Å². The van der Waals surface area contributed by atoms with E-state index in [1.807, 2.05) is 0 Å². The molecule has 2 amide bonds. The van der Waals surface area contributed by atoms with Crippen molar-refractivity contribution in [1.82, 2.24) is 5.32 Å². The Kier molecular flexibility index (Phi) is 3.97. The topological polar surface area (TPSA) is 95.5 Å². The fraction of sp³-hybridized carbons (Fsp3) is 0.400. The molecule has 1 heterocycles. The summed E-state index contributed by atoms with van der Waals surface area (Å²) in [6.45, 7) is 3.24.